The molecule has 0 aliphatic carbocycles. The van der Waals surface area contributed by atoms with Crippen molar-refractivity contribution in [2.75, 3.05) is 0 Å². The summed E-state index contributed by atoms with van der Waals surface area (Å²) in [4.78, 5) is 0. The molecule has 0 amide bonds. The molecule has 3 aromatic heterocycles. The number of hydrogen-bond donors (Lipinski definition) is 0. The number of para-hydroxylation sites is 3. The zero-order chi connectivity index (χ0) is 28.1. The van der Waals surface area contributed by atoms with Crippen molar-refractivity contribution < 1.29 is 4.42 Å². The van der Waals surface area contributed by atoms with Gasteiger partial charge in [-0.2, -0.15) is 0 Å². The van der Waals surface area contributed by atoms with Crippen LogP contribution in [0.3, 0.4) is 0 Å². The minimum atomic E-state index is 0.895. The summed E-state index contributed by atoms with van der Waals surface area (Å²) >= 11 is 0. The largest absolute Gasteiger partial charge is 0.456 e. The minimum Gasteiger partial charge on any atom is -0.456 e. The second-order valence-corrected chi connectivity index (χ2v) is 11.4. The van der Waals surface area contributed by atoms with Crippen LogP contribution in [0.2, 0.25) is 0 Å². The predicted octanol–water partition coefficient (Wildman–Crippen LogP) is 10.9. The quantitative estimate of drug-likeness (QED) is 0.211. The molecule has 0 atom stereocenters. The Morgan fingerprint density at radius 1 is 0.349 bits per heavy atom. The Balaban J connectivity index is 1.39. The van der Waals surface area contributed by atoms with Crippen molar-refractivity contribution >= 4 is 76.3 Å². The Hall–Kier alpha value is -5.80. The van der Waals surface area contributed by atoms with Gasteiger partial charge in [0.1, 0.15) is 11.2 Å². The summed E-state index contributed by atoms with van der Waals surface area (Å²) < 4.78 is 11.2. The monoisotopic (exact) mass is 548 g/mol. The molecule has 0 spiro atoms. The molecule has 0 radical (unpaired) electrons. The number of benzene rings is 7. The molecular formula is C40H24N2O. The molecule has 3 nitrogen and oxygen atoms in total. The van der Waals surface area contributed by atoms with Crippen molar-refractivity contribution in [2.24, 2.45) is 0 Å². The molecule has 43 heavy (non-hydrogen) atoms. The lowest BCUT2D eigenvalue weighted by atomic mass is 10.1. The van der Waals surface area contributed by atoms with E-state index in [1.807, 2.05) is 12.1 Å². The standard InChI is InChI=1S/C40H24N2O/c1-2-10-26-23-27(18-17-25(26)9-1)41-35-14-6-3-11-29(35)33-21-22-34-30-12-4-7-15-36(30)42(40(34)39(33)41)28-19-20-32-31-13-5-8-16-37(31)43-38(32)24-28/h1-24H. The van der Waals surface area contributed by atoms with E-state index in [9.17, 15) is 0 Å². The van der Waals surface area contributed by atoms with E-state index < -0.39 is 0 Å². The van der Waals surface area contributed by atoms with Crippen molar-refractivity contribution in [3.8, 4) is 11.4 Å². The molecule has 3 heterocycles. The average Bonchev–Trinajstić information content (AvgIpc) is 3.72. The summed E-state index contributed by atoms with van der Waals surface area (Å²) in [5, 5.41) is 9.71. The molecule has 10 aromatic rings. The van der Waals surface area contributed by atoms with E-state index in [2.05, 4.69) is 143 Å². The van der Waals surface area contributed by atoms with E-state index in [-0.39, 0.29) is 0 Å². The molecule has 7 aromatic carbocycles. The van der Waals surface area contributed by atoms with Gasteiger partial charge in [0.05, 0.1) is 27.8 Å². The summed E-state index contributed by atoms with van der Waals surface area (Å²) in [6.45, 7) is 0. The highest BCUT2D eigenvalue weighted by Gasteiger charge is 2.21. The van der Waals surface area contributed by atoms with Crippen LogP contribution in [0, 0.1) is 0 Å². The van der Waals surface area contributed by atoms with Crippen LogP contribution in [-0.4, -0.2) is 9.13 Å². The Kier molecular flexibility index (Phi) is 4.45. The molecule has 10 rings (SSSR count). The number of rotatable bonds is 2. The van der Waals surface area contributed by atoms with Crippen molar-refractivity contribution in [3.05, 3.63) is 146 Å². The normalized spacial score (nSPS) is 12.2. The summed E-state index contributed by atoms with van der Waals surface area (Å²) in [7, 11) is 0. The van der Waals surface area contributed by atoms with Gasteiger partial charge in [0.25, 0.3) is 0 Å². The van der Waals surface area contributed by atoms with Gasteiger partial charge < -0.3 is 13.6 Å². The third kappa shape index (κ3) is 3.08. The molecule has 0 saturated carbocycles. The Morgan fingerprint density at radius 3 is 1.58 bits per heavy atom. The molecule has 3 heteroatoms. The van der Waals surface area contributed by atoms with Gasteiger partial charge in [0.2, 0.25) is 0 Å². The van der Waals surface area contributed by atoms with E-state index in [0.717, 1.165) is 33.3 Å². The molecule has 0 bridgehead atoms. The van der Waals surface area contributed by atoms with Gasteiger partial charge in [-0.3, -0.25) is 0 Å². The van der Waals surface area contributed by atoms with Crippen LogP contribution >= 0.6 is 0 Å². The Morgan fingerprint density at radius 2 is 0.860 bits per heavy atom. The summed E-state index contributed by atoms with van der Waals surface area (Å²) in [6.07, 6.45) is 0. The van der Waals surface area contributed by atoms with Gasteiger partial charge in [-0.05, 0) is 53.2 Å². The Labute approximate surface area is 246 Å². The van der Waals surface area contributed by atoms with Crippen LogP contribution in [0.4, 0.5) is 0 Å². The summed E-state index contributed by atoms with van der Waals surface area (Å²) in [6, 6.07) is 52.4. The summed E-state index contributed by atoms with van der Waals surface area (Å²) in [5.41, 5.74) is 8.82. The molecule has 200 valence electrons. The second-order valence-electron chi connectivity index (χ2n) is 11.4. The molecule has 0 fully saturated rings. The molecule has 0 N–H and O–H groups in total. The average molecular weight is 549 g/mol. The second kappa shape index (κ2) is 8.37. The third-order valence-corrected chi connectivity index (χ3v) is 9.08. The fraction of sp³-hybridized carbons (Fsp3) is 0. The number of hydrogen-bond acceptors (Lipinski definition) is 1. The summed E-state index contributed by atoms with van der Waals surface area (Å²) in [5.74, 6) is 0. The van der Waals surface area contributed by atoms with Gasteiger partial charge in [0, 0.05) is 44.1 Å². The number of fused-ring (bicyclic) bond motifs is 11. The third-order valence-electron chi connectivity index (χ3n) is 9.08. The van der Waals surface area contributed by atoms with Crippen molar-refractivity contribution in [2.45, 2.75) is 0 Å². The van der Waals surface area contributed by atoms with Gasteiger partial charge in [-0.15, -0.1) is 0 Å². The van der Waals surface area contributed by atoms with Crippen molar-refractivity contribution in [1.29, 1.82) is 0 Å². The van der Waals surface area contributed by atoms with Crippen LogP contribution in [0.5, 0.6) is 0 Å². The van der Waals surface area contributed by atoms with E-state index in [4.69, 9.17) is 4.42 Å². The molecular weight excluding hydrogens is 524 g/mol. The number of aromatic nitrogens is 2. The lowest BCUT2D eigenvalue weighted by molar-refractivity contribution is 0.668. The smallest absolute Gasteiger partial charge is 0.137 e. The highest BCUT2D eigenvalue weighted by molar-refractivity contribution is 6.24. The van der Waals surface area contributed by atoms with Gasteiger partial charge in [0.15, 0.2) is 0 Å². The number of nitrogens with zero attached hydrogens (tertiary/aromatic N) is 2. The fourth-order valence-corrected chi connectivity index (χ4v) is 7.21. The van der Waals surface area contributed by atoms with E-state index in [0.29, 0.717) is 0 Å². The van der Waals surface area contributed by atoms with Crippen LogP contribution < -0.4 is 0 Å². The van der Waals surface area contributed by atoms with Crippen molar-refractivity contribution in [3.63, 3.8) is 0 Å². The maximum atomic E-state index is 6.37. The predicted molar refractivity (Wildman–Crippen MR) is 180 cm³/mol. The van der Waals surface area contributed by atoms with E-state index in [1.54, 1.807) is 0 Å². The zero-order valence-corrected chi connectivity index (χ0v) is 23.2. The maximum absolute atomic E-state index is 6.37. The van der Waals surface area contributed by atoms with E-state index >= 15 is 0 Å². The SMILES string of the molecule is c1ccc2cc(-n3c4ccccc4c4ccc5c6ccccc6n(-c6ccc7c(c6)oc6ccccc67)c5c43)ccc2c1. The first-order valence-electron chi connectivity index (χ1n) is 14.7. The maximum Gasteiger partial charge on any atom is 0.137 e. The fourth-order valence-electron chi connectivity index (χ4n) is 7.21. The molecule has 0 aliphatic heterocycles. The lowest BCUT2D eigenvalue weighted by Gasteiger charge is -2.13. The van der Waals surface area contributed by atoms with Crippen LogP contribution in [0.15, 0.2) is 150 Å². The van der Waals surface area contributed by atoms with Crippen LogP contribution in [0.1, 0.15) is 0 Å². The lowest BCUT2D eigenvalue weighted by Crippen LogP contribution is -1.98. The van der Waals surface area contributed by atoms with Gasteiger partial charge in [-0.25, -0.2) is 0 Å². The van der Waals surface area contributed by atoms with Gasteiger partial charge in [-0.1, -0.05) is 97.1 Å². The minimum absolute atomic E-state index is 0.895. The first-order chi connectivity index (χ1) is 21.3. The topological polar surface area (TPSA) is 23.0 Å². The van der Waals surface area contributed by atoms with Crippen LogP contribution in [0.25, 0.3) is 87.7 Å². The molecule has 0 saturated heterocycles. The number of furan rings is 1. The van der Waals surface area contributed by atoms with Crippen molar-refractivity contribution in [1.82, 2.24) is 9.13 Å². The Bertz CT molecular complexity index is 2740. The first kappa shape index (κ1) is 22.8. The molecule has 0 aliphatic rings. The molecule has 0 unspecified atom stereocenters. The van der Waals surface area contributed by atoms with Crippen LogP contribution in [-0.2, 0) is 0 Å². The highest BCUT2D eigenvalue weighted by Crippen LogP contribution is 2.42. The van der Waals surface area contributed by atoms with E-state index in [1.165, 1.54) is 54.4 Å². The first-order valence-corrected chi connectivity index (χ1v) is 14.7. The zero-order valence-electron chi connectivity index (χ0n) is 23.2. The highest BCUT2D eigenvalue weighted by atomic mass is 16.3. The van der Waals surface area contributed by atoms with Gasteiger partial charge >= 0.3 is 0 Å².